The molecule has 1 atom stereocenters. The van der Waals surface area contributed by atoms with Crippen LogP contribution in [0.1, 0.15) is 18.4 Å². The Balaban J connectivity index is 1.83. The van der Waals surface area contributed by atoms with Crippen LogP contribution < -0.4 is 0 Å². The van der Waals surface area contributed by atoms with Crippen molar-refractivity contribution in [3.05, 3.63) is 34.3 Å². The number of aliphatic hydroxyl groups is 1. The monoisotopic (exact) mass is 283 g/mol. The first-order valence-corrected chi connectivity index (χ1v) is 6.55. The van der Waals surface area contributed by atoms with Crippen molar-refractivity contribution in [2.45, 2.75) is 25.5 Å². The third kappa shape index (κ3) is 3.58. The highest BCUT2D eigenvalue weighted by atomic mass is 79.9. The molecule has 1 N–H and O–H groups in total. The SMILES string of the molecule is CN(Cc1cccc(Br)c1)CC(O)C1CC1. The Morgan fingerprint density at radius 2 is 2.25 bits per heavy atom. The van der Waals surface area contributed by atoms with Crippen LogP contribution in [0.4, 0.5) is 0 Å². The van der Waals surface area contributed by atoms with Crippen LogP contribution in [-0.2, 0) is 6.54 Å². The van der Waals surface area contributed by atoms with E-state index >= 15 is 0 Å². The van der Waals surface area contributed by atoms with Crippen molar-refractivity contribution < 1.29 is 5.11 Å². The van der Waals surface area contributed by atoms with Crippen molar-refractivity contribution in [3.8, 4) is 0 Å². The van der Waals surface area contributed by atoms with Gasteiger partial charge in [-0.2, -0.15) is 0 Å². The first-order valence-electron chi connectivity index (χ1n) is 5.76. The summed E-state index contributed by atoms with van der Waals surface area (Å²) in [5.41, 5.74) is 1.28. The van der Waals surface area contributed by atoms with Crippen molar-refractivity contribution >= 4 is 15.9 Å². The highest BCUT2D eigenvalue weighted by molar-refractivity contribution is 9.10. The Bertz CT molecular complexity index is 352. The van der Waals surface area contributed by atoms with Crippen molar-refractivity contribution in [2.24, 2.45) is 5.92 Å². The minimum absolute atomic E-state index is 0.142. The highest BCUT2D eigenvalue weighted by Gasteiger charge is 2.30. The number of nitrogens with zero attached hydrogens (tertiary/aromatic N) is 1. The molecule has 0 amide bonds. The third-order valence-corrected chi connectivity index (χ3v) is 3.50. The molecule has 1 aromatic rings. The normalized spacial score (nSPS) is 17.8. The zero-order valence-corrected chi connectivity index (χ0v) is 11.2. The van der Waals surface area contributed by atoms with Crippen LogP contribution in [0.3, 0.4) is 0 Å². The van der Waals surface area contributed by atoms with Gasteiger partial charge in [-0.1, -0.05) is 28.1 Å². The van der Waals surface area contributed by atoms with E-state index in [0.29, 0.717) is 5.92 Å². The topological polar surface area (TPSA) is 23.5 Å². The van der Waals surface area contributed by atoms with E-state index in [1.54, 1.807) is 0 Å². The second-order valence-electron chi connectivity index (χ2n) is 4.73. The van der Waals surface area contributed by atoms with Gasteiger partial charge in [-0.25, -0.2) is 0 Å². The molecule has 1 aliphatic rings. The third-order valence-electron chi connectivity index (χ3n) is 3.01. The Labute approximate surface area is 105 Å². The molecule has 0 aliphatic heterocycles. The summed E-state index contributed by atoms with van der Waals surface area (Å²) in [5, 5.41) is 9.84. The summed E-state index contributed by atoms with van der Waals surface area (Å²) in [6.45, 7) is 1.67. The zero-order chi connectivity index (χ0) is 11.5. The molecule has 0 saturated heterocycles. The molecule has 16 heavy (non-hydrogen) atoms. The van der Waals surface area contributed by atoms with Crippen LogP contribution in [0.2, 0.25) is 0 Å². The Kier molecular flexibility index (Phi) is 4.00. The van der Waals surface area contributed by atoms with Crippen molar-refractivity contribution in [3.63, 3.8) is 0 Å². The van der Waals surface area contributed by atoms with Crippen molar-refractivity contribution in [1.29, 1.82) is 0 Å². The van der Waals surface area contributed by atoms with Crippen LogP contribution in [0.5, 0.6) is 0 Å². The summed E-state index contributed by atoms with van der Waals surface area (Å²) >= 11 is 3.47. The summed E-state index contributed by atoms with van der Waals surface area (Å²) in [6.07, 6.45) is 2.26. The summed E-state index contributed by atoms with van der Waals surface area (Å²) in [7, 11) is 2.06. The summed E-state index contributed by atoms with van der Waals surface area (Å²) in [6, 6.07) is 8.32. The Morgan fingerprint density at radius 1 is 1.50 bits per heavy atom. The maximum atomic E-state index is 9.84. The molecule has 88 valence electrons. The van der Waals surface area contributed by atoms with Crippen LogP contribution in [-0.4, -0.2) is 29.7 Å². The van der Waals surface area contributed by atoms with E-state index in [1.165, 1.54) is 18.4 Å². The molecule has 1 fully saturated rings. The molecule has 0 aromatic heterocycles. The maximum absolute atomic E-state index is 9.84. The molecule has 1 aromatic carbocycles. The molecule has 1 saturated carbocycles. The molecular weight excluding hydrogens is 266 g/mol. The number of rotatable bonds is 5. The average molecular weight is 284 g/mol. The minimum atomic E-state index is -0.142. The van der Waals surface area contributed by atoms with E-state index in [4.69, 9.17) is 0 Å². The lowest BCUT2D eigenvalue weighted by Gasteiger charge is -2.20. The summed E-state index contributed by atoms with van der Waals surface area (Å²) in [5.74, 6) is 0.560. The smallest absolute Gasteiger partial charge is 0.0695 e. The van der Waals surface area contributed by atoms with Crippen LogP contribution in [0.15, 0.2) is 28.7 Å². The summed E-state index contributed by atoms with van der Waals surface area (Å²) < 4.78 is 1.11. The standard InChI is InChI=1S/C13H18BrNO/c1-15(9-13(16)11-5-6-11)8-10-3-2-4-12(14)7-10/h2-4,7,11,13,16H,5-6,8-9H2,1H3. The van der Waals surface area contributed by atoms with E-state index in [-0.39, 0.29) is 6.10 Å². The van der Waals surface area contributed by atoms with Crippen LogP contribution in [0.25, 0.3) is 0 Å². The zero-order valence-electron chi connectivity index (χ0n) is 9.56. The molecule has 0 bridgehead atoms. The minimum Gasteiger partial charge on any atom is -0.392 e. The van der Waals surface area contributed by atoms with Gasteiger partial charge in [0.05, 0.1) is 6.10 Å². The molecule has 0 heterocycles. The fourth-order valence-corrected chi connectivity index (χ4v) is 2.41. The molecule has 2 nitrogen and oxygen atoms in total. The largest absolute Gasteiger partial charge is 0.392 e. The lowest BCUT2D eigenvalue weighted by Crippen LogP contribution is -2.30. The fraction of sp³-hybridized carbons (Fsp3) is 0.538. The van der Waals surface area contributed by atoms with Gasteiger partial charge >= 0.3 is 0 Å². The van der Waals surface area contributed by atoms with Gasteiger partial charge in [0.1, 0.15) is 0 Å². The molecule has 2 rings (SSSR count). The number of benzene rings is 1. The van der Waals surface area contributed by atoms with Gasteiger partial charge in [0.2, 0.25) is 0 Å². The molecule has 3 heteroatoms. The first kappa shape index (κ1) is 12.1. The maximum Gasteiger partial charge on any atom is 0.0695 e. The number of hydrogen-bond acceptors (Lipinski definition) is 2. The van der Waals surface area contributed by atoms with Crippen LogP contribution >= 0.6 is 15.9 Å². The predicted octanol–water partition coefficient (Wildman–Crippen LogP) is 2.65. The van der Waals surface area contributed by atoms with Gasteiger partial charge in [0.25, 0.3) is 0 Å². The van der Waals surface area contributed by atoms with Crippen molar-refractivity contribution in [1.82, 2.24) is 4.90 Å². The number of likely N-dealkylation sites (N-methyl/N-ethyl adjacent to an activating group) is 1. The molecule has 0 radical (unpaired) electrons. The van der Waals surface area contributed by atoms with E-state index in [9.17, 15) is 5.11 Å². The van der Waals surface area contributed by atoms with Gasteiger partial charge in [0, 0.05) is 17.6 Å². The average Bonchev–Trinajstić information content (AvgIpc) is 2.99. The van der Waals surface area contributed by atoms with Gasteiger partial charge in [-0.15, -0.1) is 0 Å². The molecule has 0 spiro atoms. The number of hydrogen-bond donors (Lipinski definition) is 1. The first-order chi connectivity index (χ1) is 7.65. The van der Waals surface area contributed by atoms with Gasteiger partial charge in [-0.05, 0) is 43.5 Å². The molecular formula is C13H18BrNO. The Morgan fingerprint density at radius 3 is 2.88 bits per heavy atom. The highest BCUT2D eigenvalue weighted by Crippen LogP contribution is 2.32. The van der Waals surface area contributed by atoms with Gasteiger partial charge < -0.3 is 5.11 Å². The van der Waals surface area contributed by atoms with Crippen LogP contribution in [0, 0.1) is 5.92 Å². The van der Waals surface area contributed by atoms with E-state index in [0.717, 1.165) is 17.6 Å². The number of halogens is 1. The predicted molar refractivity (Wildman–Crippen MR) is 69.2 cm³/mol. The lowest BCUT2D eigenvalue weighted by atomic mass is 10.2. The summed E-state index contributed by atoms with van der Waals surface area (Å²) in [4.78, 5) is 2.19. The quantitative estimate of drug-likeness (QED) is 0.898. The van der Waals surface area contributed by atoms with Crippen molar-refractivity contribution in [2.75, 3.05) is 13.6 Å². The van der Waals surface area contributed by atoms with E-state index in [2.05, 4.69) is 40.0 Å². The second-order valence-corrected chi connectivity index (χ2v) is 5.65. The second kappa shape index (κ2) is 5.30. The van der Waals surface area contributed by atoms with Gasteiger partial charge in [0.15, 0.2) is 0 Å². The molecule has 1 unspecified atom stereocenters. The van der Waals surface area contributed by atoms with E-state index in [1.807, 2.05) is 12.1 Å². The lowest BCUT2D eigenvalue weighted by molar-refractivity contribution is 0.104. The molecule has 1 aliphatic carbocycles. The number of aliphatic hydroxyl groups excluding tert-OH is 1. The fourth-order valence-electron chi connectivity index (χ4n) is 1.96. The van der Waals surface area contributed by atoms with Gasteiger partial charge in [-0.3, -0.25) is 4.90 Å². The Hall–Kier alpha value is -0.380. The van der Waals surface area contributed by atoms with E-state index < -0.39 is 0 Å².